The quantitative estimate of drug-likeness (QED) is 0.638. The van der Waals surface area contributed by atoms with Crippen molar-refractivity contribution >= 4 is 5.82 Å². The molecule has 0 saturated carbocycles. The molecule has 0 unspecified atom stereocenters. The zero-order chi connectivity index (χ0) is 7.72. The molecular formula is C7H13N3. The highest BCUT2D eigenvalue weighted by atomic mass is 15.1. The fraction of sp³-hybridized carbons (Fsp3) is 0.571. The minimum Gasteiger partial charge on any atom is -0.384 e. The molecule has 3 nitrogen and oxygen atoms in total. The van der Waals surface area contributed by atoms with Crippen LogP contribution < -0.4 is 5.73 Å². The standard InChI is InChI=1S/C7H13N3/c1-5(2)10-4-9-6(3)7(10)8/h4-5H,8H2,1-3H3. The van der Waals surface area contributed by atoms with Gasteiger partial charge in [-0.1, -0.05) is 0 Å². The van der Waals surface area contributed by atoms with Crippen molar-refractivity contribution in [3.63, 3.8) is 0 Å². The average Bonchev–Trinajstić information content (AvgIpc) is 2.14. The Balaban J connectivity index is 3.05. The third kappa shape index (κ3) is 0.988. The largest absolute Gasteiger partial charge is 0.384 e. The van der Waals surface area contributed by atoms with Gasteiger partial charge in [0.15, 0.2) is 0 Å². The molecule has 0 radical (unpaired) electrons. The van der Waals surface area contributed by atoms with E-state index in [4.69, 9.17) is 5.73 Å². The van der Waals surface area contributed by atoms with Gasteiger partial charge in [0, 0.05) is 6.04 Å². The first-order chi connectivity index (χ1) is 4.63. The number of aromatic nitrogens is 2. The Morgan fingerprint density at radius 1 is 1.60 bits per heavy atom. The number of anilines is 1. The fourth-order valence-corrected chi connectivity index (χ4v) is 0.875. The summed E-state index contributed by atoms with van der Waals surface area (Å²) in [5.74, 6) is 0.773. The highest BCUT2D eigenvalue weighted by molar-refractivity contribution is 5.34. The molecule has 0 aliphatic heterocycles. The Bertz CT molecular complexity index is 225. The normalized spacial score (nSPS) is 10.8. The number of nitrogen functional groups attached to an aromatic ring is 1. The first kappa shape index (κ1) is 7.12. The van der Waals surface area contributed by atoms with Crippen LogP contribution in [0.4, 0.5) is 5.82 Å². The number of aryl methyl sites for hydroxylation is 1. The predicted octanol–water partition coefficient (Wildman–Crippen LogP) is 1.35. The van der Waals surface area contributed by atoms with Crippen molar-refractivity contribution in [2.24, 2.45) is 0 Å². The molecule has 0 aliphatic rings. The summed E-state index contributed by atoms with van der Waals surface area (Å²) in [7, 11) is 0. The van der Waals surface area contributed by atoms with E-state index < -0.39 is 0 Å². The van der Waals surface area contributed by atoms with Gasteiger partial charge in [-0.25, -0.2) is 4.98 Å². The second-order valence-electron chi connectivity index (χ2n) is 2.72. The molecule has 1 aromatic heterocycles. The second kappa shape index (κ2) is 2.33. The summed E-state index contributed by atoms with van der Waals surface area (Å²) in [6.07, 6.45) is 1.77. The SMILES string of the molecule is Cc1ncn(C(C)C)c1N. The Labute approximate surface area is 60.9 Å². The van der Waals surface area contributed by atoms with E-state index in [0.717, 1.165) is 11.5 Å². The molecule has 1 heterocycles. The van der Waals surface area contributed by atoms with Crippen molar-refractivity contribution in [3.05, 3.63) is 12.0 Å². The van der Waals surface area contributed by atoms with Crippen LogP contribution in [-0.4, -0.2) is 9.55 Å². The number of hydrogen-bond donors (Lipinski definition) is 1. The number of nitrogens with zero attached hydrogens (tertiary/aromatic N) is 2. The molecule has 0 bridgehead atoms. The first-order valence-corrected chi connectivity index (χ1v) is 3.42. The van der Waals surface area contributed by atoms with E-state index in [2.05, 4.69) is 18.8 Å². The van der Waals surface area contributed by atoms with E-state index in [1.165, 1.54) is 0 Å². The average molecular weight is 139 g/mol. The predicted molar refractivity (Wildman–Crippen MR) is 41.8 cm³/mol. The smallest absolute Gasteiger partial charge is 0.126 e. The van der Waals surface area contributed by atoms with Gasteiger partial charge in [-0.3, -0.25) is 0 Å². The van der Waals surface area contributed by atoms with Gasteiger partial charge in [0.1, 0.15) is 5.82 Å². The van der Waals surface area contributed by atoms with Gasteiger partial charge in [0.05, 0.1) is 12.0 Å². The number of rotatable bonds is 1. The van der Waals surface area contributed by atoms with Crippen molar-refractivity contribution < 1.29 is 0 Å². The van der Waals surface area contributed by atoms with Crippen molar-refractivity contribution in [2.45, 2.75) is 26.8 Å². The summed E-state index contributed by atoms with van der Waals surface area (Å²) in [6, 6.07) is 0.404. The molecule has 1 rings (SSSR count). The van der Waals surface area contributed by atoms with Gasteiger partial charge in [-0.2, -0.15) is 0 Å². The maximum absolute atomic E-state index is 5.70. The second-order valence-corrected chi connectivity index (χ2v) is 2.72. The van der Waals surface area contributed by atoms with Crippen LogP contribution in [0.5, 0.6) is 0 Å². The summed E-state index contributed by atoms with van der Waals surface area (Å²) in [5, 5.41) is 0. The lowest BCUT2D eigenvalue weighted by Gasteiger charge is -2.07. The van der Waals surface area contributed by atoms with E-state index in [-0.39, 0.29) is 0 Å². The summed E-state index contributed by atoms with van der Waals surface area (Å²) >= 11 is 0. The molecule has 2 N–H and O–H groups in total. The zero-order valence-electron chi connectivity index (χ0n) is 6.63. The molecular weight excluding hydrogens is 126 g/mol. The maximum Gasteiger partial charge on any atom is 0.126 e. The van der Waals surface area contributed by atoms with E-state index in [0.29, 0.717) is 6.04 Å². The van der Waals surface area contributed by atoms with Gasteiger partial charge < -0.3 is 10.3 Å². The van der Waals surface area contributed by atoms with Crippen LogP contribution >= 0.6 is 0 Å². The van der Waals surface area contributed by atoms with Gasteiger partial charge in [-0.05, 0) is 20.8 Å². The van der Waals surface area contributed by atoms with E-state index in [1.54, 1.807) is 6.33 Å². The Morgan fingerprint density at radius 3 is 2.40 bits per heavy atom. The fourth-order valence-electron chi connectivity index (χ4n) is 0.875. The number of nitrogens with two attached hydrogens (primary N) is 1. The van der Waals surface area contributed by atoms with Crippen LogP contribution in [0.2, 0.25) is 0 Å². The highest BCUT2D eigenvalue weighted by Gasteiger charge is 2.04. The number of imidazole rings is 1. The molecule has 0 aromatic carbocycles. The molecule has 0 amide bonds. The number of hydrogen-bond acceptors (Lipinski definition) is 2. The van der Waals surface area contributed by atoms with Crippen molar-refractivity contribution in [1.82, 2.24) is 9.55 Å². The summed E-state index contributed by atoms with van der Waals surface area (Å²) < 4.78 is 1.95. The topological polar surface area (TPSA) is 43.8 Å². The minimum atomic E-state index is 0.404. The molecule has 3 heteroatoms. The minimum absolute atomic E-state index is 0.404. The van der Waals surface area contributed by atoms with Gasteiger partial charge in [0.2, 0.25) is 0 Å². The summed E-state index contributed by atoms with van der Waals surface area (Å²) in [5.41, 5.74) is 6.61. The van der Waals surface area contributed by atoms with Crippen LogP contribution in [0.15, 0.2) is 6.33 Å². The Hall–Kier alpha value is -0.990. The Morgan fingerprint density at radius 2 is 2.20 bits per heavy atom. The third-order valence-electron chi connectivity index (χ3n) is 1.58. The molecule has 10 heavy (non-hydrogen) atoms. The zero-order valence-corrected chi connectivity index (χ0v) is 6.63. The van der Waals surface area contributed by atoms with Crippen LogP contribution in [0.3, 0.4) is 0 Å². The van der Waals surface area contributed by atoms with Crippen molar-refractivity contribution in [2.75, 3.05) is 5.73 Å². The van der Waals surface area contributed by atoms with Crippen LogP contribution in [0.25, 0.3) is 0 Å². The Kier molecular flexibility index (Phi) is 1.66. The first-order valence-electron chi connectivity index (χ1n) is 3.42. The molecule has 0 saturated heterocycles. The highest BCUT2D eigenvalue weighted by Crippen LogP contribution is 2.13. The molecule has 1 aromatic rings. The lowest BCUT2D eigenvalue weighted by atomic mass is 10.4. The van der Waals surface area contributed by atoms with E-state index >= 15 is 0 Å². The van der Waals surface area contributed by atoms with Gasteiger partial charge in [0.25, 0.3) is 0 Å². The summed E-state index contributed by atoms with van der Waals surface area (Å²) in [4.78, 5) is 4.08. The van der Waals surface area contributed by atoms with Crippen LogP contribution in [0.1, 0.15) is 25.6 Å². The lowest BCUT2D eigenvalue weighted by molar-refractivity contribution is 0.607. The molecule has 0 spiro atoms. The molecule has 0 atom stereocenters. The molecule has 56 valence electrons. The van der Waals surface area contributed by atoms with Crippen LogP contribution in [-0.2, 0) is 0 Å². The lowest BCUT2D eigenvalue weighted by Crippen LogP contribution is -2.03. The van der Waals surface area contributed by atoms with Crippen molar-refractivity contribution in [1.29, 1.82) is 0 Å². The van der Waals surface area contributed by atoms with Gasteiger partial charge >= 0.3 is 0 Å². The van der Waals surface area contributed by atoms with Crippen molar-refractivity contribution in [3.8, 4) is 0 Å². The van der Waals surface area contributed by atoms with Crippen LogP contribution in [0, 0.1) is 6.92 Å². The van der Waals surface area contributed by atoms with E-state index in [9.17, 15) is 0 Å². The maximum atomic E-state index is 5.70. The summed E-state index contributed by atoms with van der Waals surface area (Å²) in [6.45, 7) is 6.07. The molecule has 0 aliphatic carbocycles. The molecule has 0 fully saturated rings. The monoisotopic (exact) mass is 139 g/mol. The van der Waals surface area contributed by atoms with Gasteiger partial charge in [-0.15, -0.1) is 0 Å². The van der Waals surface area contributed by atoms with E-state index in [1.807, 2.05) is 11.5 Å². The third-order valence-corrected chi connectivity index (χ3v) is 1.58.